The quantitative estimate of drug-likeness (QED) is 0.684. The number of aromatic nitrogens is 2. The maximum absolute atomic E-state index is 12.7. The van der Waals surface area contributed by atoms with E-state index in [-0.39, 0.29) is 11.3 Å². The molecule has 132 valence electrons. The molecule has 1 amide bonds. The number of hydrogen-bond donors (Lipinski definition) is 2. The van der Waals surface area contributed by atoms with Crippen LogP contribution in [0, 0.1) is 0 Å². The number of halogens is 1. The molecule has 0 saturated carbocycles. The van der Waals surface area contributed by atoms with Crippen LogP contribution in [0.5, 0.6) is 0 Å². The van der Waals surface area contributed by atoms with Gasteiger partial charge in [-0.15, -0.1) is 0 Å². The van der Waals surface area contributed by atoms with E-state index in [4.69, 9.17) is 0 Å². The first kappa shape index (κ1) is 18.1. The van der Waals surface area contributed by atoms with Gasteiger partial charge in [-0.3, -0.25) is 9.59 Å². The molecule has 0 radical (unpaired) electrons. The van der Waals surface area contributed by atoms with Gasteiger partial charge in [0.05, 0.1) is 5.54 Å². The first-order chi connectivity index (χ1) is 12.3. The number of H-pyrrole nitrogens is 1. The van der Waals surface area contributed by atoms with Gasteiger partial charge in [-0.1, -0.05) is 58.4 Å². The van der Waals surface area contributed by atoms with E-state index in [0.29, 0.717) is 5.82 Å². The number of benzene rings is 2. The van der Waals surface area contributed by atoms with Gasteiger partial charge < -0.3 is 10.3 Å². The molecule has 3 rings (SSSR count). The zero-order valence-corrected chi connectivity index (χ0v) is 16.0. The number of carbonyl (C=O) groups excluding carboxylic acids is 1. The fourth-order valence-electron chi connectivity index (χ4n) is 2.59. The van der Waals surface area contributed by atoms with Crippen molar-refractivity contribution in [3.8, 4) is 11.4 Å². The van der Waals surface area contributed by atoms with E-state index in [1.807, 2.05) is 68.4 Å². The number of rotatable bonds is 4. The first-order valence-corrected chi connectivity index (χ1v) is 8.90. The van der Waals surface area contributed by atoms with Crippen molar-refractivity contribution >= 4 is 21.8 Å². The van der Waals surface area contributed by atoms with Crippen LogP contribution in [0.3, 0.4) is 0 Å². The zero-order chi connectivity index (χ0) is 18.7. The minimum absolute atomic E-state index is 0.0813. The van der Waals surface area contributed by atoms with Gasteiger partial charge in [0.25, 0.3) is 11.5 Å². The van der Waals surface area contributed by atoms with E-state index in [2.05, 4.69) is 31.2 Å². The lowest BCUT2D eigenvalue weighted by molar-refractivity contribution is 0.0906. The third-order valence-corrected chi connectivity index (χ3v) is 4.54. The lowest BCUT2D eigenvalue weighted by Crippen LogP contribution is -2.41. The topological polar surface area (TPSA) is 74.8 Å². The monoisotopic (exact) mass is 411 g/mol. The van der Waals surface area contributed by atoms with Gasteiger partial charge in [0, 0.05) is 16.1 Å². The summed E-state index contributed by atoms with van der Waals surface area (Å²) < 4.78 is 0.965. The fraction of sp³-hybridized carbons (Fsp3) is 0.150. The van der Waals surface area contributed by atoms with Crippen LogP contribution in [0.25, 0.3) is 11.4 Å². The summed E-state index contributed by atoms with van der Waals surface area (Å²) in [6.07, 6.45) is 0. The van der Waals surface area contributed by atoms with Crippen molar-refractivity contribution in [1.82, 2.24) is 15.3 Å². The molecule has 0 aliphatic heterocycles. The molecular weight excluding hydrogens is 394 g/mol. The second-order valence-electron chi connectivity index (χ2n) is 6.43. The van der Waals surface area contributed by atoms with Crippen LogP contribution < -0.4 is 10.9 Å². The van der Waals surface area contributed by atoms with Crippen LogP contribution in [-0.2, 0) is 5.54 Å². The van der Waals surface area contributed by atoms with E-state index < -0.39 is 11.4 Å². The molecule has 0 aliphatic rings. The predicted octanol–water partition coefficient (Wildman–Crippen LogP) is 3.86. The molecule has 0 aliphatic carbocycles. The summed E-state index contributed by atoms with van der Waals surface area (Å²) in [6, 6.07) is 18.1. The Morgan fingerprint density at radius 2 is 1.73 bits per heavy atom. The van der Waals surface area contributed by atoms with Crippen molar-refractivity contribution in [2.75, 3.05) is 0 Å². The molecule has 1 aromatic heterocycles. The molecule has 0 spiro atoms. The van der Waals surface area contributed by atoms with Crippen molar-refractivity contribution < 1.29 is 4.79 Å². The van der Waals surface area contributed by atoms with Crippen LogP contribution >= 0.6 is 15.9 Å². The Bertz CT molecular complexity index is 980. The van der Waals surface area contributed by atoms with Crippen LogP contribution in [0.2, 0.25) is 0 Å². The fourth-order valence-corrected chi connectivity index (χ4v) is 2.86. The maximum atomic E-state index is 12.7. The summed E-state index contributed by atoms with van der Waals surface area (Å²) in [5.74, 6) is -0.0362. The molecule has 1 heterocycles. The van der Waals surface area contributed by atoms with E-state index in [1.165, 1.54) is 6.07 Å². The van der Waals surface area contributed by atoms with Gasteiger partial charge in [0.1, 0.15) is 11.5 Å². The minimum atomic E-state index is -0.616. The summed E-state index contributed by atoms with van der Waals surface area (Å²) in [7, 11) is 0. The van der Waals surface area contributed by atoms with Crippen LogP contribution in [0.15, 0.2) is 69.9 Å². The van der Waals surface area contributed by atoms with Crippen LogP contribution in [0.1, 0.15) is 29.9 Å². The smallest absolute Gasteiger partial charge is 0.270 e. The van der Waals surface area contributed by atoms with Crippen molar-refractivity contribution in [3.63, 3.8) is 0 Å². The molecule has 2 aromatic carbocycles. The average Bonchev–Trinajstić information content (AvgIpc) is 2.62. The molecule has 6 heteroatoms. The number of nitrogens with zero attached hydrogens (tertiary/aromatic N) is 1. The van der Waals surface area contributed by atoms with Crippen LogP contribution in [0.4, 0.5) is 0 Å². The molecule has 0 saturated heterocycles. The van der Waals surface area contributed by atoms with Crippen molar-refractivity contribution in [1.29, 1.82) is 0 Å². The molecule has 0 fully saturated rings. The highest BCUT2D eigenvalue weighted by Gasteiger charge is 2.24. The third kappa shape index (κ3) is 4.08. The Kier molecular flexibility index (Phi) is 5.04. The lowest BCUT2D eigenvalue weighted by atomic mass is 9.94. The normalized spacial score (nSPS) is 11.2. The second-order valence-corrected chi connectivity index (χ2v) is 7.35. The predicted molar refractivity (Wildman–Crippen MR) is 105 cm³/mol. The summed E-state index contributed by atoms with van der Waals surface area (Å²) in [5, 5.41) is 2.94. The lowest BCUT2D eigenvalue weighted by Gasteiger charge is -2.27. The highest BCUT2D eigenvalue weighted by atomic mass is 79.9. The van der Waals surface area contributed by atoms with Gasteiger partial charge >= 0.3 is 0 Å². The number of nitrogens with one attached hydrogen (secondary N) is 2. The Balaban J connectivity index is 1.89. The van der Waals surface area contributed by atoms with E-state index in [9.17, 15) is 9.59 Å². The Hall–Kier alpha value is -2.73. The summed E-state index contributed by atoms with van der Waals surface area (Å²) >= 11 is 3.40. The molecule has 0 atom stereocenters. The van der Waals surface area contributed by atoms with Gasteiger partial charge in [0.15, 0.2) is 0 Å². The maximum Gasteiger partial charge on any atom is 0.270 e. The number of carbonyl (C=O) groups is 1. The molecule has 3 aromatic rings. The Labute approximate surface area is 159 Å². The summed E-state index contributed by atoms with van der Waals surface area (Å²) in [4.78, 5) is 31.7. The largest absolute Gasteiger partial charge is 0.342 e. The summed E-state index contributed by atoms with van der Waals surface area (Å²) in [5.41, 5.74) is 0.784. The summed E-state index contributed by atoms with van der Waals surface area (Å²) in [6.45, 7) is 3.80. The Morgan fingerprint density at radius 3 is 2.38 bits per heavy atom. The average molecular weight is 412 g/mol. The van der Waals surface area contributed by atoms with E-state index in [0.717, 1.165) is 15.6 Å². The number of aromatic amines is 1. The molecule has 5 nitrogen and oxygen atoms in total. The minimum Gasteiger partial charge on any atom is -0.342 e. The molecule has 26 heavy (non-hydrogen) atoms. The first-order valence-electron chi connectivity index (χ1n) is 8.10. The van der Waals surface area contributed by atoms with Gasteiger partial charge in [-0.2, -0.15) is 0 Å². The third-order valence-electron chi connectivity index (χ3n) is 4.01. The van der Waals surface area contributed by atoms with Gasteiger partial charge in [-0.05, 0) is 31.5 Å². The Morgan fingerprint density at radius 1 is 1.08 bits per heavy atom. The highest BCUT2D eigenvalue weighted by Crippen LogP contribution is 2.22. The van der Waals surface area contributed by atoms with Crippen LogP contribution in [-0.4, -0.2) is 15.9 Å². The van der Waals surface area contributed by atoms with Gasteiger partial charge in [-0.25, -0.2) is 4.98 Å². The van der Waals surface area contributed by atoms with Crippen molar-refractivity contribution in [2.45, 2.75) is 19.4 Å². The van der Waals surface area contributed by atoms with E-state index >= 15 is 0 Å². The molecular formula is C20H18BrN3O2. The molecule has 0 bridgehead atoms. The molecule has 0 unspecified atom stereocenters. The van der Waals surface area contributed by atoms with Gasteiger partial charge in [0.2, 0.25) is 0 Å². The second kappa shape index (κ2) is 7.25. The SMILES string of the molecule is CC(C)(NC(=O)c1cc(=O)[nH]c(-c2ccccc2)n1)c1ccc(Br)cc1. The molecule has 2 N–H and O–H groups in total. The van der Waals surface area contributed by atoms with E-state index in [1.54, 1.807) is 0 Å². The number of amides is 1. The van der Waals surface area contributed by atoms with Crippen molar-refractivity contribution in [3.05, 3.63) is 86.7 Å². The standard InChI is InChI=1S/C20H18BrN3O2/c1-20(2,14-8-10-15(21)11-9-14)24-19(26)16-12-17(25)23-18(22-16)13-6-4-3-5-7-13/h3-12H,1-2H3,(H,24,26)(H,22,23,25). The zero-order valence-electron chi connectivity index (χ0n) is 14.4. The number of hydrogen-bond acceptors (Lipinski definition) is 3. The van der Waals surface area contributed by atoms with Crippen molar-refractivity contribution in [2.24, 2.45) is 0 Å². The highest BCUT2D eigenvalue weighted by molar-refractivity contribution is 9.10.